The fraction of sp³-hybridized carbons (Fsp3) is 0.952. The van der Waals surface area contributed by atoms with E-state index in [1.54, 1.807) is 0 Å². The number of ketones is 1. The molecule has 1 saturated heterocycles. The molecule has 1 aliphatic heterocycles. The van der Waals surface area contributed by atoms with Crippen LogP contribution in [0, 0.1) is 28.6 Å². The van der Waals surface area contributed by atoms with Crippen LogP contribution >= 0.6 is 0 Å². The van der Waals surface area contributed by atoms with Crippen LogP contribution in [0.2, 0.25) is 0 Å². The Morgan fingerprint density at radius 3 is 2.54 bits per heavy atom. The highest BCUT2D eigenvalue weighted by molar-refractivity contribution is 5.79. The van der Waals surface area contributed by atoms with Gasteiger partial charge in [-0.2, -0.15) is 0 Å². The van der Waals surface area contributed by atoms with Crippen LogP contribution in [-0.4, -0.2) is 23.8 Å². The first-order valence-electron chi connectivity index (χ1n) is 10.1. The molecule has 0 aromatic heterocycles. The SMILES string of the molecule is CC1(C)OC[C@]2(CC[C@]34C[C@H]2C[C@@H]3CC[C@@H]2CC(=O)CC[C@@]24C)O1. The highest BCUT2D eigenvalue weighted by atomic mass is 16.8. The zero-order valence-corrected chi connectivity index (χ0v) is 15.5. The van der Waals surface area contributed by atoms with Gasteiger partial charge in [-0.1, -0.05) is 6.92 Å². The molecule has 3 nitrogen and oxygen atoms in total. The Hall–Kier alpha value is -0.410. The second-order valence-electron chi connectivity index (χ2n) is 10.3. The van der Waals surface area contributed by atoms with Crippen molar-refractivity contribution in [3.63, 3.8) is 0 Å². The largest absolute Gasteiger partial charge is 0.347 e. The average Bonchev–Trinajstić information content (AvgIpc) is 3.02. The molecule has 0 amide bonds. The van der Waals surface area contributed by atoms with Gasteiger partial charge in [-0.15, -0.1) is 0 Å². The molecule has 5 fully saturated rings. The minimum absolute atomic E-state index is 0.0254. The van der Waals surface area contributed by atoms with Gasteiger partial charge in [-0.05, 0) is 87.4 Å². The number of ether oxygens (including phenoxy) is 2. The molecule has 1 heterocycles. The van der Waals surface area contributed by atoms with E-state index in [-0.39, 0.29) is 5.60 Å². The molecule has 2 bridgehead atoms. The molecule has 5 rings (SSSR count). The predicted molar refractivity (Wildman–Crippen MR) is 91.4 cm³/mol. The molecule has 2 spiro atoms. The minimum Gasteiger partial charge on any atom is -0.347 e. The Kier molecular flexibility index (Phi) is 3.06. The van der Waals surface area contributed by atoms with Crippen molar-refractivity contribution in [3.8, 4) is 0 Å². The van der Waals surface area contributed by atoms with E-state index in [0.29, 0.717) is 28.4 Å². The maximum absolute atomic E-state index is 12.1. The molecule has 0 unspecified atom stereocenters. The zero-order valence-electron chi connectivity index (χ0n) is 15.5. The Balaban J connectivity index is 1.49. The van der Waals surface area contributed by atoms with Crippen LogP contribution in [0.25, 0.3) is 0 Å². The fourth-order valence-corrected chi connectivity index (χ4v) is 7.84. The highest BCUT2D eigenvalue weighted by Crippen LogP contribution is 2.74. The molecule has 0 N–H and O–H groups in total. The molecule has 0 radical (unpaired) electrons. The standard InChI is InChI=1S/C21H32O3/c1-18(2)23-13-21(24-18)9-8-20-12-16(21)10-15(20)5-4-14-11-17(22)6-7-19(14,20)3/h14-16H,4-13H2,1-3H3/t14-,15+,16-,19+,20+,21+/m1/s1. The highest BCUT2D eigenvalue weighted by Gasteiger charge is 2.69. The summed E-state index contributed by atoms with van der Waals surface area (Å²) in [6.45, 7) is 7.47. The van der Waals surface area contributed by atoms with Crippen LogP contribution < -0.4 is 0 Å². The van der Waals surface area contributed by atoms with E-state index in [0.717, 1.165) is 38.2 Å². The van der Waals surface area contributed by atoms with Crippen LogP contribution in [0.1, 0.15) is 78.6 Å². The summed E-state index contributed by atoms with van der Waals surface area (Å²) < 4.78 is 12.5. The zero-order chi connectivity index (χ0) is 16.8. The minimum atomic E-state index is -0.415. The number of hydrogen-bond donors (Lipinski definition) is 0. The van der Waals surface area contributed by atoms with E-state index in [4.69, 9.17) is 9.47 Å². The van der Waals surface area contributed by atoms with E-state index in [2.05, 4.69) is 20.8 Å². The first-order chi connectivity index (χ1) is 11.3. The van der Waals surface area contributed by atoms with Crippen molar-refractivity contribution >= 4 is 5.78 Å². The second-order valence-corrected chi connectivity index (χ2v) is 10.3. The third kappa shape index (κ3) is 1.84. The van der Waals surface area contributed by atoms with Crippen molar-refractivity contribution in [3.05, 3.63) is 0 Å². The molecule has 3 heteroatoms. The summed E-state index contributed by atoms with van der Waals surface area (Å²) in [5.41, 5.74) is 0.834. The first-order valence-corrected chi connectivity index (χ1v) is 10.1. The lowest BCUT2D eigenvalue weighted by Crippen LogP contribution is -2.56. The fourth-order valence-electron chi connectivity index (χ4n) is 7.84. The predicted octanol–water partition coefficient (Wildman–Crippen LogP) is 4.48. The average molecular weight is 332 g/mol. The monoisotopic (exact) mass is 332 g/mol. The number of carbonyl (C=O) groups is 1. The van der Waals surface area contributed by atoms with Gasteiger partial charge >= 0.3 is 0 Å². The van der Waals surface area contributed by atoms with Gasteiger partial charge in [0.1, 0.15) is 5.78 Å². The molecule has 24 heavy (non-hydrogen) atoms. The van der Waals surface area contributed by atoms with E-state index in [9.17, 15) is 4.79 Å². The van der Waals surface area contributed by atoms with Gasteiger partial charge in [0.2, 0.25) is 0 Å². The number of carbonyl (C=O) groups excluding carboxylic acids is 1. The van der Waals surface area contributed by atoms with E-state index in [1.165, 1.54) is 32.1 Å². The van der Waals surface area contributed by atoms with Gasteiger partial charge in [0.25, 0.3) is 0 Å². The van der Waals surface area contributed by atoms with Crippen molar-refractivity contribution in [2.75, 3.05) is 6.61 Å². The number of rotatable bonds is 0. The van der Waals surface area contributed by atoms with Gasteiger partial charge < -0.3 is 9.47 Å². The Labute approximate surface area is 145 Å². The lowest BCUT2D eigenvalue weighted by atomic mass is 9.43. The maximum Gasteiger partial charge on any atom is 0.163 e. The summed E-state index contributed by atoms with van der Waals surface area (Å²) in [7, 11) is 0. The van der Waals surface area contributed by atoms with Crippen LogP contribution in [-0.2, 0) is 14.3 Å². The van der Waals surface area contributed by atoms with Crippen LogP contribution in [0.4, 0.5) is 0 Å². The molecule has 4 aliphatic carbocycles. The van der Waals surface area contributed by atoms with E-state index in [1.807, 2.05) is 0 Å². The number of Topliss-reactive ketones (excluding diaryl/α,β-unsaturated/α-hetero) is 1. The van der Waals surface area contributed by atoms with Crippen LogP contribution in [0.15, 0.2) is 0 Å². The lowest BCUT2D eigenvalue weighted by Gasteiger charge is -2.61. The normalized spacial score (nSPS) is 55.5. The summed E-state index contributed by atoms with van der Waals surface area (Å²) in [4.78, 5) is 12.1. The van der Waals surface area contributed by atoms with Crippen molar-refractivity contribution < 1.29 is 14.3 Å². The number of hydrogen-bond acceptors (Lipinski definition) is 3. The second kappa shape index (κ2) is 4.65. The van der Waals surface area contributed by atoms with Crippen LogP contribution in [0.3, 0.4) is 0 Å². The van der Waals surface area contributed by atoms with Gasteiger partial charge in [0.15, 0.2) is 5.79 Å². The molecular weight excluding hydrogens is 300 g/mol. The molecule has 5 aliphatic rings. The third-order valence-corrected chi connectivity index (χ3v) is 9.11. The molecular formula is C21H32O3. The summed E-state index contributed by atoms with van der Waals surface area (Å²) in [5.74, 6) is 2.25. The van der Waals surface area contributed by atoms with Gasteiger partial charge in [-0.3, -0.25) is 4.79 Å². The molecule has 0 aromatic rings. The van der Waals surface area contributed by atoms with Gasteiger partial charge in [0.05, 0.1) is 12.2 Å². The Morgan fingerprint density at radius 2 is 1.79 bits per heavy atom. The smallest absolute Gasteiger partial charge is 0.163 e. The maximum atomic E-state index is 12.1. The third-order valence-electron chi connectivity index (χ3n) is 9.11. The number of fused-ring (bicyclic) bond motifs is 3. The molecule has 0 aromatic carbocycles. The van der Waals surface area contributed by atoms with Crippen molar-refractivity contribution in [1.82, 2.24) is 0 Å². The lowest BCUT2D eigenvalue weighted by molar-refractivity contribution is -0.193. The summed E-state index contributed by atoms with van der Waals surface area (Å²) >= 11 is 0. The quantitative estimate of drug-likeness (QED) is 0.656. The van der Waals surface area contributed by atoms with Gasteiger partial charge in [-0.25, -0.2) is 0 Å². The van der Waals surface area contributed by atoms with Crippen molar-refractivity contribution in [2.45, 2.75) is 89.9 Å². The molecule has 4 saturated carbocycles. The molecule has 6 atom stereocenters. The topological polar surface area (TPSA) is 35.5 Å². The Morgan fingerprint density at radius 1 is 1.00 bits per heavy atom. The van der Waals surface area contributed by atoms with Crippen LogP contribution in [0.5, 0.6) is 0 Å². The summed E-state index contributed by atoms with van der Waals surface area (Å²) in [6.07, 6.45) is 10.5. The van der Waals surface area contributed by atoms with Gasteiger partial charge in [0, 0.05) is 12.8 Å². The first kappa shape index (κ1) is 15.8. The molecule has 134 valence electrons. The van der Waals surface area contributed by atoms with E-state index < -0.39 is 5.79 Å². The summed E-state index contributed by atoms with van der Waals surface area (Å²) in [6, 6.07) is 0. The van der Waals surface area contributed by atoms with E-state index >= 15 is 0 Å². The Bertz CT molecular complexity index is 584. The van der Waals surface area contributed by atoms with Crippen molar-refractivity contribution in [2.24, 2.45) is 28.6 Å². The van der Waals surface area contributed by atoms with Crippen molar-refractivity contribution in [1.29, 1.82) is 0 Å². The summed E-state index contributed by atoms with van der Waals surface area (Å²) in [5, 5.41) is 0.